The number of aryl methyl sites for hydroxylation is 2. The third-order valence-corrected chi connectivity index (χ3v) is 4.62. The zero-order valence-corrected chi connectivity index (χ0v) is 17.6. The van der Waals surface area contributed by atoms with Crippen molar-refractivity contribution in [2.75, 3.05) is 39.3 Å². The van der Waals surface area contributed by atoms with E-state index in [4.69, 9.17) is 14.2 Å². The van der Waals surface area contributed by atoms with Crippen LogP contribution in [-0.4, -0.2) is 40.3 Å². The number of likely N-dealkylation sites (N-methyl/N-ethyl adjacent to an activating group) is 1. The van der Waals surface area contributed by atoms with Crippen LogP contribution in [0.1, 0.15) is 23.6 Å². The highest BCUT2D eigenvalue weighted by Crippen LogP contribution is 2.38. The van der Waals surface area contributed by atoms with Gasteiger partial charge in [0.1, 0.15) is 0 Å². The number of carbonyl (C=O) groups is 1. The second kappa shape index (κ2) is 9.88. The Kier molecular flexibility index (Phi) is 7.55. The molecular weight excluding hydrogens is 356 g/mol. The van der Waals surface area contributed by atoms with Gasteiger partial charge in [0.25, 0.3) is 0 Å². The maximum atomic E-state index is 12.5. The first-order chi connectivity index (χ1) is 13.4. The average molecular weight is 386 g/mol. The molecule has 2 aromatic rings. The van der Waals surface area contributed by atoms with Crippen molar-refractivity contribution in [2.45, 2.75) is 27.3 Å². The quantitative estimate of drug-likeness (QED) is 0.715. The van der Waals surface area contributed by atoms with Crippen LogP contribution in [0, 0.1) is 13.8 Å². The first-order valence-electron chi connectivity index (χ1n) is 9.31. The Bertz CT molecular complexity index is 795. The van der Waals surface area contributed by atoms with Crippen molar-refractivity contribution in [3.8, 4) is 17.2 Å². The van der Waals surface area contributed by atoms with Gasteiger partial charge < -0.3 is 24.4 Å². The number of anilines is 1. The largest absolute Gasteiger partial charge is 0.493 e. The van der Waals surface area contributed by atoms with Gasteiger partial charge in [0.2, 0.25) is 11.7 Å². The molecule has 0 aliphatic rings. The molecule has 0 aliphatic heterocycles. The molecular formula is C22H30N2O4. The van der Waals surface area contributed by atoms with Crippen LogP contribution >= 0.6 is 0 Å². The van der Waals surface area contributed by atoms with E-state index in [0.717, 1.165) is 17.8 Å². The molecule has 152 valence electrons. The van der Waals surface area contributed by atoms with E-state index >= 15 is 0 Å². The van der Waals surface area contributed by atoms with Crippen LogP contribution in [0.5, 0.6) is 17.2 Å². The van der Waals surface area contributed by atoms with Crippen LogP contribution in [0.3, 0.4) is 0 Å². The smallest absolute Gasteiger partial charge is 0.239 e. The first-order valence-corrected chi connectivity index (χ1v) is 9.31. The fourth-order valence-corrected chi connectivity index (χ4v) is 3.19. The Labute approximate surface area is 167 Å². The van der Waals surface area contributed by atoms with E-state index in [1.165, 1.54) is 11.1 Å². The van der Waals surface area contributed by atoms with Gasteiger partial charge in [-0.15, -0.1) is 0 Å². The zero-order valence-electron chi connectivity index (χ0n) is 17.6. The normalized spacial score (nSPS) is 10.4. The summed E-state index contributed by atoms with van der Waals surface area (Å²) in [6.07, 6.45) is 0. The molecule has 0 radical (unpaired) electrons. The van der Waals surface area contributed by atoms with E-state index in [-0.39, 0.29) is 5.91 Å². The van der Waals surface area contributed by atoms with Crippen LogP contribution in [0.4, 0.5) is 5.69 Å². The van der Waals surface area contributed by atoms with Crippen LogP contribution in [0.2, 0.25) is 0 Å². The lowest BCUT2D eigenvalue weighted by Gasteiger charge is -2.24. The fraction of sp³-hybridized carbons (Fsp3) is 0.409. The molecule has 0 aliphatic carbocycles. The molecule has 2 aromatic carbocycles. The van der Waals surface area contributed by atoms with E-state index in [9.17, 15) is 4.79 Å². The van der Waals surface area contributed by atoms with Crippen molar-refractivity contribution in [2.24, 2.45) is 0 Å². The summed E-state index contributed by atoms with van der Waals surface area (Å²) < 4.78 is 16.1. The molecule has 2 rings (SSSR count). The lowest BCUT2D eigenvalue weighted by molar-refractivity contribution is -0.119. The fourth-order valence-electron chi connectivity index (χ4n) is 3.19. The second-order valence-corrected chi connectivity index (χ2v) is 6.61. The highest BCUT2D eigenvalue weighted by Gasteiger charge is 2.15. The lowest BCUT2D eigenvalue weighted by Crippen LogP contribution is -2.37. The van der Waals surface area contributed by atoms with Gasteiger partial charge in [-0.25, -0.2) is 0 Å². The number of ether oxygens (including phenoxy) is 3. The molecule has 0 aromatic heterocycles. The molecule has 0 saturated carbocycles. The van der Waals surface area contributed by atoms with Crippen LogP contribution < -0.4 is 24.4 Å². The molecule has 0 heterocycles. The summed E-state index contributed by atoms with van der Waals surface area (Å²) in [5, 5.41) is 2.97. The Hall–Kier alpha value is -2.89. The number of carbonyl (C=O) groups excluding carboxylic acids is 1. The Balaban J connectivity index is 2.07. The summed E-state index contributed by atoms with van der Waals surface area (Å²) in [7, 11) is 4.71. The molecule has 0 saturated heterocycles. The SMILES string of the molecule is CCN(CC(=O)NCc1cc(OC)c(OC)c(OC)c1)c1ccc(C)cc1C. The van der Waals surface area contributed by atoms with E-state index in [1.807, 2.05) is 19.1 Å². The van der Waals surface area contributed by atoms with Crippen molar-refractivity contribution in [1.82, 2.24) is 5.32 Å². The summed E-state index contributed by atoms with van der Waals surface area (Å²) in [6.45, 7) is 7.61. The summed E-state index contributed by atoms with van der Waals surface area (Å²) in [6, 6.07) is 9.94. The summed E-state index contributed by atoms with van der Waals surface area (Å²) >= 11 is 0. The first kappa shape index (κ1) is 21.4. The highest BCUT2D eigenvalue weighted by atomic mass is 16.5. The minimum absolute atomic E-state index is 0.0458. The molecule has 6 heteroatoms. The molecule has 1 amide bonds. The Morgan fingerprint density at radius 1 is 1.00 bits per heavy atom. The molecule has 28 heavy (non-hydrogen) atoms. The monoisotopic (exact) mass is 386 g/mol. The van der Waals surface area contributed by atoms with Crippen molar-refractivity contribution in [1.29, 1.82) is 0 Å². The van der Waals surface area contributed by atoms with Crippen LogP contribution in [-0.2, 0) is 11.3 Å². The third-order valence-electron chi connectivity index (χ3n) is 4.62. The van der Waals surface area contributed by atoms with Gasteiger partial charge in [-0.05, 0) is 50.1 Å². The van der Waals surface area contributed by atoms with E-state index < -0.39 is 0 Å². The summed E-state index contributed by atoms with van der Waals surface area (Å²) in [5.41, 5.74) is 4.33. The summed E-state index contributed by atoms with van der Waals surface area (Å²) in [5.74, 6) is 1.62. The Morgan fingerprint density at radius 3 is 2.14 bits per heavy atom. The molecule has 0 fully saturated rings. The van der Waals surface area contributed by atoms with Crippen LogP contribution in [0.15, 0.2) is 30.3 Å². The minimum atomic E-state index is -0.0458. The van der Waals surface area contributed by atoms with Gasteiger partial charge in [0.05, 0.1) is 27.9 Å². The number of amides is 1. The zero-order chi connectivity index (χ0) is 20.7. The minimum Gasteiger partial charge on any atom is -0.493 e. The van der Waals surface area contributed by atoms with Crippen molar-refractivity contribution >= 4 is 11.6 Å². The number of nitrogens with zero attached hydrogens (tertiary/aromatic N) is 1. The van der Waals surface area contributed by atoms with Gasteiger partial charge in [0.15, 0.2) is 11.5 Å². The van der Waals surface area contributed by atoms with Crippen molar-refractivity contribution in [3.05, 3.63) is 47.0 Å². The maximum Gasteiger partial charge on any atom is 0.239 e. The number of benzene rings is 2. The van der Waals surface area contributed by atoms with Gasteiger partial charge in [0, 0.05) is 18.8 Å². The summed E-state index contributed by atoms with van der Waals surface area (Å²) in [4.78, 5) is 14.6. The predicted octanol–water partition coefficient (Wildman–Crippen LogP) is 3.47. The average Bonchev–Trinajstić information content (AvgIpc) is 2.69. The van der Waals surface area contributed by atoms with E-state index in [2.05, 4.69) is 42.3 Å². The number of rotatable bonds is 9. The van der Waals surface area contributed by atoms with Gasteiger partial charge in [-0.1, -0.05) is 17.7 Å². The Morgan fingerprint density at radius 2 is 1.64 bits per heavy atom. The topological polar surface area (TPSA) is 60.0 Å². The van der Waals surface area contributed by atoms with Gasteiger partial charge >= 0.3 is 0 Å². The number of nitrogens with one attached hydrogen (secondary N) is 1. The standard InChI is InChI=1S/C22H30N2O4/c1-7-24(18-9-8-15(2)10-16(18)3)14-21(25)23-13-17-11-19(26-4)22(28-6)20(12-17)27-5/h8-12H,7,13-14H2,1-6H3,(H,23,25). The van der Waals surface area contributed by atoms with Crippen molar-refractivity contribution < 1.29 is 19.0 Å². The molecule has 0 atom stereocenters. The highest BCUT2D eigenvalue weighted by molar-refractivity contribution is 5.81. The van der Waals surface area contributed by atoms with E-state index in [1.54, 1.807) is 21.3 Å². The van der Waals surface area contributed by atoms with Crippen molar-refractivity contribution in [3.63, 3.8) is 0 Å². The molecule has 0 unspecified atom stereocenters. The van der Waals surface area contributed by atoms with Gasteiger partial charge in [-0.3, -0.25) is 4.79 Å². The number of methoxy groups -OCH3 is 3. The third kappa shape index (κ3) is 5.09. The van der Waals surface area contributed by atoms with Crippen LogP contribution in [0.25, 0.3) is 0 Å². The number of hydrogen-bond acceptors (Lipinski definition) is 5. The molecule has 0 spiro atoms. The number of hydrogen-bond donors (Lipinski definition) is 1. The predicted molar refractivity (Wildman–Crippen MR) is 112 cm³/mol. The molecule has 1 N–H and O–H groups in total. The maximum absolute atomic E-state index is 12.5. The van der Waals surface area contributed by atoms with Gasteiger partial charge in [-0.2, -0.15) is 0 Å². The lowest BCUT2D eigenvalue weighted by atomic mass is 10.1. The van der Waals surface area contributed by atoms with E-state index in [0.29, 0.717) is 30.3 Å². The molecule has 0 bridgehead atoms. The second-order valence-electron chi connectivity index (χ2n) is 6.61. The molecule has 6 nitrogen and oxygen atoms in total.